The maximum atomic E-state index is 12.4. The third-order valence-corrected chi connectivity index (χ3v) is 5.00. The second kappa shape index (κ2) is 8.66. The SMILES string of the molecule is CCCNC(CCO)CS(=O)c1ccc(C(C)(C)C)cc1. The van der Waals surface area contributed by atoms with Gasteiger partial charge in [-0.3, -0.25) is 4.21 Å². The molecule has 21 heavy (non-hydrogen) atoms. The van der Waals surface area contributed by atoms with Crippen molar-refractivity contribution in [2.24, 2.45) is 0 Å². The number of nitrogens with one attached hydrogen (secondary N) is 1. The zero-order chi connectivity index (χ0) is 15.9. The van der Waals surface area contributed by atoms with Gasteiger partial charge in [-0.2, -0.15) is 0 Å². The van der Waals surface area contributed by atoms with Gasteiger partial charge < -0.3 is 10.4 Å². The smallest absolute Gasteiger partial charge is 0.0545 e. The first-order valence-corrected chi connectivity index (χ1v) is 9.03. The molecule has 0 heterocycles. The molecule has 0 amide bonds. The largest absolute Gasteiger partial charge is 0.396 e. The fourth-order valence-electron chi connectivity index (χ4n) is 2.13. The highest BCUT2D eigenvalue weighted by Gasteiger charge is 2.16. The summed E-state index contributed by atoms with van der Waals surface area (Å²) < 4.78 is 12.4. The predicted octanol–water partition coefficient (Wildman–Crippen LogP) is 2.84. The quantitative estimate of drug-likeness (QED) is 0.776. The van der Waals surface area contributed by atoms with Crippen LogP contribution in [0.4, 0.5) is 0 Å². The molecular weight excluding hydrogens is 282 g/mol. The summed E-state index contributed by atoms with van der Waals surface area (Å²) in [5, 5.41) is 12.5. The molecule has 0 aliphatic carbocycles. The fraction of sp³-hybridized carbons (Fsp3) is 0.647. The molecule has 120 valence electrons. The Morgan fingerprint density at radius 3 is 2.33 bits per heavy atom. The topological polar surface area (TPSA) is 49.3 Å². The molecule has 0 aromatic heterocycles. The summed E-state index contributed by atoms with van der Waals surface area (Å²) in [5.41, 5.74) is 1.36. The maximum absolute atomic E-state index is 12.4. The Labute approximate surface area is 131 Å². The minimum Gasteiger partial charge on any atom is -0.396 e. The van der Waals surface area contributed by atoms with Crippen LogP contribution < -0.4 is 5.32 Å². The summed E-state index contributed by atoms with van der Waals surface area (Å²) in [4.78, 5) is 0.865. The van der Waals surface area contributed by atoms with Crippen LogP contribution >= 0.6 is 0 Å². The third kappa shape index (κ3) is 6.29. The van der Waals surface area contributed by atoms with Crippen LogP contribution in [0.1, 0.15) is 46.1 Å². The van der Waals surface area contributed by atoms with E-state index in [4.69, 9.17) is 5.11 Å². The molecule has 1 aromatic carbocycles. The van der Waals surface area contributed by atoms with Crippen molar-refractivity contribution in [3.05, 3.63) is 29.8 Å². The predicted molar refractivity (Wildman–Crippen MR) is 90.2 cm³/mol. The molecule has 4 heteroatoms. The number of rotatable bonds is 8. The van der Waals surface area contributed by atoms with Gasteiger partial charge in [0.25, 0.3) is 0 Å². The number of aliphatic hydroxyl groups is 1. The van der Waals surface area contributed by atoms with Gasteiger partial charge in [0.15, 0.2) is 0 Å². The summed E-state index contributed by atoms with van der Waals surface area (Å²) in [7, 11) is -1.03. The summed E-state index contributed by atoms with van der Waals surface area (Å²) in [6, 6.07) is 8.17. The Morgan fingerprint density at radius 1 is 1.24 bits per heavy atom. The molecule has 0 saturated heterocycles. The van der Waals surface area contributed by atoms with Gasteiger partial charge in [-0.1, -0.05) is 39.8 Å². The molecule has 0 saturated carbocycles. The molecule has 3 nitrogen and oxygen atoms in total. The Bertz CT molecular complexity index is 437. The van der Waals surface area contributed by atoms with Gasteiger partial charge in [-0.15, -0.1) is 0 Å². The number of hydrogen-bond donors (Lipinski definition) is 2. The first-order valence-electron chi connectivity index (χ1n) is 7.71. The van der Waals surface area contributed by atoms with Gasteiger partial charge >= 0.3 is 0 Å². The first-order chi connectivity index (χ1) is 9.88. The molecule has 0 aliphatic rings. The van der Waals surface area contributed by atoms with Crippen LogP contribution in [0, 0.1) is 0 Å². The normalized spacial score (nSPS) is 14.9. The third-order valence-electron chi connectivity index (χ3n) is 3.50. The van der Waals surface area contributed by atoms with Crippen LogP contribution in [-0.2, 0) is 16.2 Å². The zero-order valence-corrected chi connectivity index (χ0v) is 14.5. The van der Waals surface area contributed by atoms with E-state index in [1.807, 2.05) is 12.1 Å². The van der Waals surface area contributed by atoms with Gasteiger partial charge in [0.2, 0.25) is 0 Å². The van der Waals surface area contributed by atoms with Crippen LogP contribution in [0.25, 0.3) is 0 Å². The Hall–Kier alpha value is -0.710. The van der Waals surface area contributed by atoms with E-state index in [0.29, 0.717) is 12.2 Å². The van der Waals surface area contributed by atoms with Crippen molar-refractivity contribution in [3.8, 4) is 0 Å². The van der Waals surface area contributed by atoms with E-state index in [1.54, 1.807) is 0 Å². The fourth-order valence-corrected chi connectivity index (χ4v) is 3.42. The lowest BCUT2D eigenvalue weighted by atomic mass is 9.87. The summed E-state index contributed by atoms with van der Waals surface area (Å²) in [5.74, 6) is 0.551. The van der Waals surface area contributed by atoms with Gasteiger partial charge in [-0.25, -0.2) is 0 Å². The van der Waals surface area contributed by atoms with Crippen molar-refractivity contribution < 1.29 is 9.32 Å². The van der Waals surface area contributed by atoms with Gasteiger partial charge in [0, 0.05) is 23.3 Å². The molecule has 0 bridgehead atoms. The summed E-state index contributed by atoms with van der Waals surface area (Å²) in [6.07, 6.45) is 1.68. The van der Waals surface area contributed by atoms with Crippen molar-refractivity contribution in [3.63, 3.8) is 0 Å². The van der Waals surface area contributed by atoms with E-state index in [9.17, 15) is 4.21 Å². The zero-order valence-electron chi connectivity index (χ0n) is 13.7. The molecule has 1 aromatic rings. The second-order valence-corrected chi connectivity index (χ2v) is 7.95. The molecule has 0 aliphatic heterocycles. The van der Waals surface area contributed by atoms with Gasteiger partial charge in [0.05, 0.1) is 10.8 Å². The average molecular weight is 311 g/mol. The van der Waals surface area contributed by atoms with Crippen molar-refractivity contribution in [2.45, 2.75) is 56.9 Å². The minimum absolute atomic E-state index is 0.109. The van der Waals surface area contributed by atoms with Crippen molar-refractivity contribution in [1.29, 1.82) is 0 Å². The summed E-state index contributed by atoms with van der Waals surface area (Å²) >= 11 is 0. The van der Waals surface area contributed by atoms with E-state index < -0.39 is 10.8 Å². The maximum Gasteiger partial charge on any atom is 0.0545 e. The number of benzene rings is 1. The van der Waals surface area contributed by atoms with E-state index in [2.05, 4.69) is 45.1 Å². The summed E-state index contributed by atoms with van der Waals surface area (Å²) in [6.45, 7) is 9.64. The van der Waals surface area contributed by atoms with Crippen LogP contribution in [0.5, 0.6) is 0 Å². The van der Waals surface area contributed by atoms with E-state index in [-0.39, 0.29) is 18.1 Å². The Kier molecular flexibility index (Phi) is 7.57. The Balaban J connectivity index is 2.69. The van der Waals surface area contributed by atoms with E-state index >= 15 is 0 Å². The molecule has 2 N–H and O–H groups in total. The highest BCUT2D eigenvalue weighted by atomic mass is 32.2. The molecule has 1 rings (SSSR count). The second-order valence-electron chi connectivity index (χ2n) is 6.45. The highest BCUT2D eigenvalue weighted by Crippen LogP contribution is 2.23. The molecule has 2 atom stereocenters. The highest BCUT2D eigenvalue weighted by molar-refractivity contribution is 7.85. The van der Waals surface area contributed by atoms with Gasteiger partial charge in [-0.05, 0) is 42.5 Å². The molecule has 0 spiro atoms. The Morgan fingerprint density at radius 2 is 1.86 bits per heavy atom. The minimum atomic E-state index is -1.03. The van der Waals surface area contributed by atoms with E-state index in [1.165, 1.54) is 5.56 Å². The first kappa shape index (κ1) is 18.3. The van der Waals surface area contributed by atoms with Crippen LogP contribution in [0.15, 0.2) is 29.2 Å². The lowest BCUT2D eigenvalue weighted by Crippen LogP contribution is -2.35. The van der Waals surface area contributed by atoms with Crippen molar-refractivity contribution in [2.75, 3.05) is 18.9 Å². The molecule has 0 radical (unpaired) electrons. The molecular formula is C17H29NO2S. The molecule has 2 unspecified atom stereocenters. The number of aliphatic hydroxyl groups excluding tert-OH is 1. The van der Waals surface area contributed by atoms with Crippen molar-refractivity contribution >= 4 is 10.8 Å². The average Bonchev–Trinajstić information content (AvgIpc) is 2.44. The van der Waals surface area contributed by atoms with Crippen LogP contribution in [0.3, 0.4) is 0 Å². The van der Waals surface area contributed by atoms with E-state index in [0.717, 1.165) is 17.9 Å². The standard InChI is InChI=1S/C17H29NO2S/c1-5-11-18-15(10-12-19)13-21(20)16-8-6-14(7-9-16)17(2,3)4/h6-9,15,18-19H,5,10-13H2,1-4H3. The number of hydrogen-bond acceptors (Lipinski definition) is 3. The van der Waals surface area contributed by atoms with Gasteiger partial charge in [0.1, 0.15) is 0 Å². The molecule has 0 fully saturated rings. The van der Waals surface area contributed by atoms with Crippen molar-refractivity contribution in [1.82, 2.24) is 5.32 Å². The van der Waals surface area contributed by atoms with Crippen LogP contribution in [0.2, 0.25) is 0 Å². The van der Waals surface area contributed by atoms with Crippen LogP contribution in [-0.4, -0.2) is 34.3 Å². The lowest BCUT2D eigenvalue weighted by molar-refractivity contribution is 0.270. The lowest BCUT2D eigenvalue weighted by Gasteiger charge is -2.20. The monoisotopic (exact) mass is 311 g/mol.